The highest BCUT2D eigenvalue weighted by Gasteiger charge is 2.12. The molecule has 0 saturated heterocycles. The maximum absolute atomic E-state index is 11.3. The van der Waals surface area contributed by atoms with Crippen LogP contribution in [0.1, 0.15) is 46.0 Å². The first-order valence-electron chi connectivity index (χ1n) is 5.87. The van der Waals surface area contributed by atoms with Crippen molar-refractivity contribution in [1.29, 1.82) is 5.26 Å². The molecule has 0 aromatic carbocycles. The topological polar surface area (TPSA) is 73.2 Å². The van der Waals surface area contributed by atoms with Crippen LogP contribution < -0.4 is 4.89 Å². The smallest absolute Gasteiger partial charge is 0.136 e. The van der Waals surface area contributed by atoms with E-state index in [0.717, 1.165) is 25.7 Å². The SMILES string of the molecule is CCCCC(CC)COP(=O)([O-])CCC#N. The zero-order valence-electron chi connectivity index (χ0n) is 10.1. The summed E-state index contributed by atoms with van der Waals surface area (Å²) in [5, 5.41) is 8.30. The fourth-order valence-electron chi connectivity index (χ4n) is 1.37. The minimum absolute atomic E-state index is 0.00648. The molecule has 0 spiro atoms. The molecular weight excluding hydrogens is 225 g/mol. The number of nitriles is 1. The van der Waals surface area contributed by atoms with E-state index in [0.29, 0.717) is 5.92 Å². The molecule has 0 aliphatic carbocycles. The predicted octanol–water partition coefficient (Wildman–Crippen LogP) is 2.69. The maximum Gasteiger partial charge on any atom is 0.136 e. The van der Waals surface area contributed by atoms with Gasteiger partial charge in [0.15, 0.2) is 0 Å². The van der Waals surface area contributed by atoms with Crippen LogP contribution >= 0.6 is 7.60 Å². The molecule has 0 aliphatic heterocycles. The Kier molecular flexibility index (Phi) is 8.56. The second-order valence-electron chi connectivity index (χ2n) is 3.95. The molecule has 0 fully saturated rings. The van der Waals surface area contributed by atoms with E-state index >= 15 is 0 Å². The number of unbranched alkanes of at least 4 members (excludes halogenated alkanes) is 1. The van der Waals surface area contributed by atoms with Crippen molar-refractivity contribution >= 4 is 7.60 Å². The average Bonchev–Trinajstić information content (AvgIpc) is 2.27. The Morgan fingerprint density at radius 2 is 2.19 bits per heavy atom. The molecule has 0 bridgehead atoms. The Morgan fingerprint density at radius 1 is 1.50 bits per heavy atom. The van der Waals surface area contributed by atoms with Crippen LogP contribution in [-0.4, -0.2) is 12.8 Å². The lowest BCUT2D eigenvalue weighted by Gasteiger charge is -2.25. The van der Waals surface area contributed by atoms with Gasteiger partial charge in [-0.3, -0.25) is 0 Å². The third-order valence-corrected chi connectivity index (χ3v) is 3.86. The van der Waals surface area contributed by atoms with Gasteiger partial charge in [-0.1, -0.05) is 33.1 Å². The summed E-state index contributed by atoms with van der Waals surface area (Å²) in [4.78, 5) is 11.3. The Balaban J connectivity index is 3.90. The van der Waals surface area contributed by atoms with Gasteiger partial charge in [0.25, 0.3) is 0 Å². The van der Waals surface area contributed by atoms with Crippen molar-refractivity contribution < 1.29 is 14.0 Å². The highest BCUT2D eigenvalue weighted by atomic mass is 31.2. The lowest BCUT2D eigenvalue weighted by molar-refractivity contribution is -0.199. The fourth-order valence-corrected chi connectivity index (χ4v) is 2.31. The van der Waals surface area contributed by atoms with Gasteiger partial charge >= 0.3 is 0 Å². The van der Waals surface area contributed by atoms with Crippen molar-refractivity contribution in [2.75, 3.05) is 12.8 Å². The lowest BCUT2D eigenvalue weighted by Crippen LogP contribution is -2.14. The van der Waals surface area contributed by atoms with Gasteiger partial charge in [-0.05, 0) is 12.3 Å². The summed E-state index contributed by atoms with van der Waals surface area (Å²) in [7, 11) is -3.78. The average molecular weight is 246 g/mol. The van der Waals surface area contributed by atoms with E-state index in [9.17, 15) is 9.46 Å². The molecule has 0 aromatic rings. The third kappa shape index (κ3) is 7.87. The van der Waals surface area contributed by atoms with Crippen LogP contribution in [0.2, 0.25) is 0 Å². The van der Waals surface area contributed by atoms with Crippen LogP contribution in [0.15, 0.2) is 0 Å². The highest BCUT2D eigenvalue weighted by molar-refractivity contribution is 7.51. The van der Waals surface area contributed by atoms with Crippen molar-refractivity contribution in [3.05, 3.63) is 0 Å². The van der Waals surface area contributed by atoms with Crippen molar-refractivity contribution in [2.24, 2.45) is 5.92 Å². The molecule has 0 aromatic heterocycles. The monoisotopic (exact) mass is 246 g/mol. The van der Waals surface area contributed by atoms with Gasteiger partial charge < -0.3 is 14.0 Å². The summed E-state index contributed by atoms with van der Waals surface area (Å²) in [6.45, 7) is 4.41. The first kappa shape index (κ1) is 15.6. The molecule has 0 amide bonds. The van der Waals surface area contributed by atoms with Gasteiger partial charge in [0.1, 0.15) is 7.60 Å². The van der Waals surface area contributed by atoms with E-state index < -0.39 is 7.60 Å². The Hall–Kier alpha value is -0.360. The molecule has 0 aliphatic rings. The number of hydrogen-bond acceptors (Lipinski definition) is 4. The fraction of sp³-hybridized carbons (Fsp3) is 0.909. The van der Waals surface area contributed by atoms with E-state index in [2.05, 4.69) is 6.92 Å². The number of nitrogens with zero attached hydrogens (tertiary/aromatic N) is 1. The predicted molar refractivity (Wildman–Crippen MR) is 62.0 cm³/mol. The van der Waals surface area contributed by atoms with Crippen molar-refractivity contribution in [1.82, 2.24) is 0 Å². The van der Waals surface area contributed by atoms with E-state index in [-0.39, 0.29) is 19.2 Å². The van der Waals surface area contributed by atoms with Gasteiger partial charge in [-0.2, -0.15) is 5.26 Å². The first-order valence-corrected chi connectivity index (χ1v) is 7.60. The molecule has 0 radical (unpaired) electrons. The second-order valence-corrected chi connectivity index (χ2v) is 5.88. The quantitative estimate of drug-likeness (QED) is 0.586. The molecule has 0 rings (SSSR count). The van der Waals surface area contributed by atoms with E-state index in [1.54, 1.807) is 0 Å². The molecular formula is C11H21NO3P-. The first-order chi connectivity index (χ1) is 7.55. The molecule has 0 saturated carbocycles. The lowest BCUT2D eigenvalue weighted by atomic mass is 10.0. The summed E-state index contributed by atoms with van der Waals surface area (Å²) in [6, 6.07) is 1.81. The molecule has 0 N–H and O–H groups in total. The molecule has 2 unspecified atom stereocenters. The van der Waals surface area contributed by atoms with Crippen LogP contribution in [0.4, 0.5) is 0 Å². The molecule has 2 atom stereocenters. The van der Waals surface area contributed by atoms with E-state index in [1.807, 2.05) is 13.0 Å². The number of hydrogen-bond donors (Lipinski definition) is 0. The number of rotatable bonds is 9. The summed E-state index contributed by atoms with van der Waals surface area (Å²) in [6.07, 6.45) is 3.98. The molecule has 0 heterocycles. The molecule has 4 nitrogen and oxygen atoms in total. The van der Waals surface area contributed by atoms with Crippen molar-refractivity contribution in [3.8, 4) is 6.07 Å². The largest absolute Gasteiger partial charge is 0.778 e. The van der Waals surface area contributed by atoms with Crippen LogP contribution in [0.5, 0.6) is 0 Å². The van der Waals surface area contributed by atoms with Crippen LogP contribution in [0.3, 0.4) is 0 Å². The maximum atomic E-state index is 11.3. The zero-order chi connectivity index (χ0) is 12.4. The van der Waals surface area contributed by atoms with Crippen LogP contribution in [0.25, 0.3) is 0 Å². The Morgan fingerprint density at radius 3 is 2.69 bits per heavy atom. The zero-order valence-corrected chi connectivity index (χ0v) is 11.0. The van der Waals surface area contributed by atoms with E-state index in [4.69, 9.17) is 9.79 Å². The molecule has 94 valence electrons. The Labute approximate surface area is 98.2 Å². The standard InChI is InChI=1S/C11H22NO3P/c1-3-5-7-11(4-2)10-15-16(13,14)9-6-8-12/h11H,3-7,9-10H2,1-2H3,(H,13,14)/p-1. The van der Waals surface area contributed by atoms with E-state index in [1.165, 1.54) is 0 Å². The van der Waals surface area contributed by atoms with Crippen LogP contribution in [0, 0.1) is 17.2 Å². The van der Waals surface area contributed by atoms with Crippen molar-refractivity contribution in [3.63, 3.8) is 0 Å². The second kappa shape index (κ2) is 8.75. The van der Waals surface area contributed by atoms with Crippen molar-refractivity contribution in [2.45, 2.75) is 46.0 Å². The minimum Gasteiger partial charge on any atom is -0.778 e. The highest BCUT2D eigenvalue weighted by Crippen LogP contribution is 2.38. The Bertz CT molecular complexity index is 262. The molecule has 5 heteroatoms. The van der Waals surface area contributed by atoms with Gasteiger partial charge in [-0.25, -0.2) is 0 Å². The van der Waals surface area contributed by atoms with Gasteiger partial charge in [0, 0.05) is 12.6 Å². The minimum atomic E-state index is -3.78. The summed E-state index contributed by atoms with van der Waals surface area (Å²) >= 11 is 0. The normalized spacial score (nSPS) is 16.4. The van der Waals surface area contributed by atoms with Crippen LogP contribution in [-0.2, 0) is 9.09 Å². The van der Waals surface area contributed by atoms with Gasteiger partial charge in [0.2, 0.25) is 0 Å². The third-order valence-electron chi connectivity index (χ3n) is 2.55. The van der Waals surface area contributed by atoms with Gasteiger partial charge in [-0.15, -0.1) is 0 Å². The summed E-state index contributed by atoms with van der Waals surface area (Å²) in [5.41, 5.74) is 0. The summed E-state index contributed by atoms with van der Waals surface area (Å²) in [5.74, 6) is 0.310. The van der Waals surface area contributed by atoms with Gasteiger partial charge in [0.05, 0.1) is 12.7 Å². The summed E-state index contributed by atoms with van der Waals surface area (Å²) < 4.78 is 16.3. The molecule has 16 heavy (non-hydrogen) atoms.